The Balaban J connectivity index is 1.25. The SMILES string of the molecule is Cc1ccc(CCOC(=O)NC2CCN(Cc3c(C)nn(-c4ccccc4)c3C)C2)cc1. The van der Waals surface area contributed by atoms with E-state index in [9.17, 15) is 4.79 Å². The van der Waals surface area contributed by atoms with Crippen LogP contribution in [0.5, 0.6) is 0 Å². The van der Waals surface area contributed by atoms with Gasteiger partial charge in [-0.05, 0) is 44.9 Å². The topological polar surface area (TPSA) is 59.4 Å². The third-order valence-corrected chi connectivity index (χ3v) is 6.16. The summed E-state index contributed by atoms with van der Waals surface area (Å²) < 4.78 is 7.42. The zero-order chi connectivity index (χ0) is 22.5. The van der Waals surface area contributed by atoms with E-state index < -0.39 is 0 Å². The Hall–Kier alpha value is -3.12. The molecule has 0 saturated carbocycles. The standard InChI is InChI=1S/C26H32N4O2/c1-19-9-11-22(12-10-19)14-16-32-26(31)27-23-13-15-29(17-23)18-25-20(2)28-30(21(25)3)24-7-5-4-6-8-24/h4-12,23H,13-18H2,1-3H3,(H,27,31). The van der Waals surface area contributed by atoms with Crippen molar-refractivity contribution in [1.29, 1.82) is 0 Å². The van der Waals surface area contributed by atoms with Crippen LogP contribution in [-0.2, 0) is 17.7 Å². The van der Waals surface area contributed by atoms with Crippen LogP contribution in [0.3, 0.4) is 0 Å². The van der Waals surface area contributed by atoms with Crippen molar-refractivity contribution in [2.45, 2.75) is 46.2 Å². The molecule has 6 heteroatoms. The Morgan fingerprint density at radius 1 is 1.09 bits per heavy atom. The smallest absolute Gasteiger partial charge is 0.407 e. The Kier molecular flexibility index (Phi) is 6.90. The number of ether oxygens (including phenoxy) is 1. The number of aryl methyl sites for hydroxylation is 2. The van der Waals surface area contributed by atoms with Crippen molar-refractivity contribution in [3.63, 3.8) is 0 Å². The summed E-state index contributed by atoms with van der Waals surface area (Å²) in [5.74, 6) is 0. The number of amides is 1. The lowest BCUT2D eigenvalue weighted by atomic mass is 10.1. The van der Waals surface area contributed by atoms with Gasteiger partial charge in [0.2, 0.25) is 0 Å². The molecule has 6 nitrogen and oxygen atoms in total. The van der Waals surface area contributed by atoms with Crippen LogP contribution in [0.25, 0.3) is 5.69 Å². The molecule has 3 aromatic rings. The molecule has 1 unspecified atom stereocenters. The number of benzene rings is 2. The molecular weight excluding hydrogens is 400 g/mol. The summed E-state index contributed by atoms with van der Waals surface area (Å²) in [6, 6.07) is 18.7. The number of aromatic nitrogens is 2. The summed E-state index contributed by atoms with van der Waals surface area (Å²) in [6.45, 7) is 9.26. The largest absolute Gasteiger partial charge is 0.449 e. The first-order chi connectivity index (χ1) is 15.5. The van der Waals surface area contributed by atoms with Gasteiger partial charge in [-0.2, -0.15) is 5.10 Å². The minimum absolute atomic E-state index is 0.117. The van der Waals surface area contributed by atoms with Crippen molar-refractivity contribution >= 4 is 6.09 Å². The first-order valence-electron chi connectivity index (χ1n) is 11.3. The second-order valence-electron chi connectivity index (χ2n) is 8.63. The number of para-hydroxylation sites is 1. The molecule has 0 spiro atoms. The second-order valence-corrected chi connectivity index (χ2v) is 8.63. The van der Waals surface area contributed by atoms with Crippen molar-refractivity contribution in [1.82, 2.24) is 20.0 Å². The van der Waals surface area contributed by atoms with E-state index in [0.717, 1.165) is 43.9 Å². The Bertz CT molecular complexity index is 1040. The van der Waals surface area contributed by atoms with Crippen LogP contribution < -0.4 is 5.32 Å². The molecule has 0 aliphatic carbocycles. The number of rotatable bonds is 7. The fraction of sp³-hybridized carbons (Fsp3) is 0.385. The molecule has 1 aliphatic heterocycles. The van der Waals surface area contributed by atoms with E-state index >= 15 is 0 Å². The van der Waals surface area contributed by atoms with E-state index in [1.54, 1.807) is 0 Å². The molecule has 1 atom stereocenters. The molecule has 0 bridgehead atoms. The van der Waals surface area contributed by atoms with Crippen molar-refractivity contribution in [2.24, 2.45) is 0 Å². The molecule has 1 fully saturated rings. The Morgan fingerprint density at radius 3 is 2.59 bits per heavy atom. The van der Waals surface area contributed by atoms with Crippen LogP contribution in [-0.4, -0.2) is 46.5 Å². The van der Waals surface area contributed by atoms with E-state index in [1.807, 2.05) is 22.9 Å². The summed E-state index contributed by atoms with van der Waals surface area (Å²) in [5, 5.41) is 7.78. The number of likely N-dealkylation sites (tertiary alicyclic amines) is 1. The Labute approximate surface area is 190 Å². The van der Waals surface area contributed by atoms with Gasteiger partial charge in [-0.15, -0.1) is 0 Å². The van der Waals surface area contributed by atoms with Crippen LogP contribution in [0.2, 0.25) is 0 Å². The van der Waals surface area contributed by atoms with Gasteiger partial charge in [-0.25, -0.2) is 9.48 Å². The normalized spacial score (nSPS) is 16.3. The number of nitrogens with one attached hydrogen (secondary N) is 1. The molecular formula is C26H32N4O2. The van der Waals surface area contributed by atoms with Crippen molar-refractivity contribution in [3.8, 4) is 5.69 Å². The maximum Gasteiger partial charge on any atom is 0.407 e. The van der Waals surface area contributed by atoms with Gasteiger partial charge in [-0.1, -0.05) is 48.0 Å². The number of hydrogen-bond acceptors (Lipinski definition) is 4. The van der Waals surface area contributed by atoms with Crippen LogP contribution in [0.15, 0.2) is 54.6 Å². The fourth-order valence-corrected chi connectivity index (χ4v) is 4.27. The number of alkyl carbamates (subject to hydrolysis) is 1. The van der Waals surface area contributed by atoms with Gasteiger partial charge in [0.1, 0.15) is 0 Å². The molecule has 0 radical (unpaired) electrons. The summed E-state index contributed by atoms with van der Waals surface area (Å²) in [5.41, 5.74) is 6.97. The van der Waals surface area contributed by atoms with Gasteiger partial charge in [-0.3, -0.25) is 4.90 Å². The average Bonchev–Trinajstić information content (AvgIpc) is 3.35. The summed E-state index contributed by atoms with van der Waals surface area (Å²) in [6.07, 6.45) is 1.33. The van der Waals surface area contributed by atoms with Gasteiger partial charge in [0, 0.05) is 43.4 Å². The van der Waals surface area contributed by atoms with Crippen molar-refractivity contribution in [2.75, 3.05) is 19.7 Å². The third kappa shape index (κ3) is 5.37. The highest BCUT2D eigenvalue weighted by Gasteiger charge is 2.26. The number of hydrogen-bond donors (Lipinski definition) is 1. The van der Waals surface area contributed by atoms with E-state index in [4.69, 9.17) is 9.84 Å². The molecule has 1 N–H and O–H groups in total. The number of nitrogens with zero attached hydrogens (tertiary/aromatic N) is 3. The highest BCUT2D eigenvalue weighted by Crippen LogP contribution is 2.21. The van der Waals surface area contributed by atoms with Crippen LogP contribution in [0, 0.1) is 20.8 Å². The maximum atomic E-state index is 12.2. The van der Waals surface area contributed by atoms with Crippen LogP contribution in [0.4, 0.5) is 4.79 Å². The predicted octanol–water partition coefficient (Wildman–Crippen LogP) is 4.34. The maximum absolute atomic E-state index is 12.2. The predicted molar refractivity (Wildman–Crippen MR) is 126 cm³/mol. The third-order valence-electron chi connectivity index (χ3n) is 6.16. The summed E-state index contributed by atoms with van der Waals surface area (Å²) >= 11 is 0. The van der Waals surface area contributed by atoms with Gasteiger partial charge >= 0.3 is 6.09 Å². The summed E-state index contributed by atoms with van der Waals surface area (Å²) in [7, 11) is 0. The summed E-state index contributed by atoms with van der Waals surface area (Å²) in [4.78, 5) is 14.6. The quantitative estimate of drug-likeness (QED) is 0.603. The number of carbonyl (C=O) groups excluding carboxylic acids is 1. The zero-order valence-electron chi connectivity index (χ0n) is 19.2. The zero-order valence-corrected chi connectivity index (χ0v) is 19.2. The molecule has 1 saturated heterocycles. The highest BCUT2D eigenvalue weighted by molar-refractivity contribution is 5.67. The minimum atomic E-state index is -0.326. The second kappa shape index (κ2) is 10.0. The van der Waals surface area contributed by atoms with E-state index in [-0.39, 0.29) is 12.1 Å². The van der Waals surface area contributed by atoms with E-state index in [2.05, 4.69) is 67.4 Å². The van der Waals surface area contributed by atoms with Gasteiger partial charge < -0.3 is 10.1 Å². The van der Waals surface area contributed by atoms with Gasteiger partial charge in [0.25, 0.3) is 0 Å². The van der Waals surface area contributed by atoms with Gasteiger partial charge in [0.15, 0.2) is 0 Å². The van der Waals surface area contributed by atoms with E-state index in [1.165, 1.54) is 22.4 Å². The van der Waals surface area contributed by atoms with Crippen LogP contribution >= 0.6 is 0 Å². The molecule has 168 valence electrons. The molecule has 1 amide bonds. The lowest BCUT2D eigenvalue weighted by molar-refractivity contribution is 0.143. The van der Waals surface area contributed by atoms with Crippen molar-refractivity contribution in [3.05, 3.63) is 82.7 Å². The molecule has 32 heavy (non-hydrogen) atoms. The number of carbonyl (C=O) groups is 1. The monoisotopic (exact) mass is 432 g/mol. The first-order valence-corrected chi connectivity index (χ1v) is 11.3. The lowest BCUT2D eigenvalue weighted by Crippen LogP contribution is -2.37. The van der Waals surface area contributed by atoms with Crippen molar-refractivity contribution < 1.29 is 9.53 Å². The molecule has 2 heterocycles. The van der Waals surface area contributed by atoms with Gasteiger partial charge in [0.05, 0.1) is 18.0 Å². The average molecular weight is 433 g/mol. The van der Waals surface area contributed by atoms with E-state index in [0.29, 0.717) is 6.61 Å². The first kappa shape index (κ1) is 22.1. The highest BCUT2D eigenvalue weighted by atomic mass is 16.5. The lowest BCUT2D eigenvalue weighted by Gasteiger charge is -2.17. The fourth-order valence-electron chi connectivity index (χ4n) is 4.27. The Morgan fingerprint density at radius 2 is 1.84 bits per heavy atom. The molecule has 4 rings (SSSR count). The van der Waals surface area contributed by atoms with Crippen LogP contribution in [0.1, 0.15) is 34.5 Å². The minimum Gasteiger partial charge on any atom is -0.449 e. The molecule has 1 aromatic heterocycles. The molecule has 1 aliphatic rings. The molecule has 2 aromatic carbocycles.